The van der Waals surface area contributed by atoms with Gasteiger partial charge in [-0.3, -0.25) is 4.79 Å². The van der Waals surface area contributed by atoms with E-state index in [-0.39, 0.29) is 12.0 Å². The first kappa shape index (κ1) is 13.2. The molecule has 0 fully saturated rings. The lowest BCUT2D eigenvalue weighted by molar-refractivity contribution is -0.137. The van der Waals surface area contributed by atoms with Gasteiger partial charge in [-0.2, -0.15) is 0 Å². The number of hydrogen-bond donors (Lipinski definition) is 0. The van der Waals surface area contributed by atoms with Gasteiger partial charge in [-0.15, -0.1) is 11.3 Å². The lowest BCUT2D eigenvalue weighted by atomic mass is 10.1. The molecule has 0 saturated carbocycles. The third-order valence-corrected chi connectivity index (χ3v) is 4.66. The predicted molar refractivity (Wildman–Crippen MR) is 80.1 cm³/mol. The quantitative estimate of drug-likeness (QED) is 0.868. The molecule has 3 nitrogen and oxygen atoms in total. The molecule has 1 aliphatic rings. The second-order valence-corrected chi connectivity index (χ2v) is 6.14. The Kier molecular flexibility index (Phi) is 3.49. The van der Waals surface area contributed by atoms with Crippen molar-refractivity contribution in [3.8, 4) is 5.75 Å². The molecule has 0 spiro atoms. The normalized spacial score (nSPS) is 16.6. The van der Waals surface area contributed by atoms with Crippen molar-refractivity contribution in [3.05, 3.63) is 51.7 Å². The van der Waals surface area contributed by atoms with Gasteiger partial charge in [0.1, 0.15) is 5.75 Å². The van der Waals surface area contributed by atoms with E-state index in [1.165, 1.54) is 10.4 Å². The molecule has 3 rings (SSSR count). The topological polar surface area (TPSA) is 29.5 Å². The van der Waals surface area contributed by atoms with Crippen molar-refractivity contribution in [2.75, 3.05) is 7.05 Å². The van der Waals surface area contributed by atoms with Crippen molar-refractivity contribution in [1.29, 1.82) is 0 Å². The number of fused-ring (bicyclic) bond motifs is 1. The summed E-state index contributed by atoms with van der Waals surface area (Å²) < 4.78 is 5.75. The molecule has 1 aromatic carbocycles. The van der Waals surface area contributed by atoms with E-state index < -0.39 is 0 Å². The average Bonchev–Trinajstić information content (AvgIpc) is 3.04. The van der Waals surface area contributed by atoms with Gasteiger partial charge in [-0.05, 0) is 35.6 Å². The van der Waals surface area contributed by atoms with Crippen molar-refractivity contribution in [1.82, 2.24) is 4.90 Å². The van der Waals surface area contributed by atoms with E-state index in [1.54, 1.807) is 16.2 Å². The fourth-order valence-electron chi connectivity index (χ4n) is 2.43. The van der Waals surface area contributed by atoms with Crippen LogP contribution in [-0.2, 0) is 17.8 Å². The Balaban J connectivity index is 1.67. The fraction of sp³-hybridized carbons (Fsp3) is 0.312. The Morgan fingerprint density at radius 3 is 2.90 bits per heavy atom. The Hall–Kier alpha value is -1.81. The van der Waals surface area contributed by atoms with Gasteiger partial charge in [-0.1, -0.05) is 18.2 Å². The average molecular weight is 287 g/mol. The van der Waals surface area contributed by atoms with Gasteiger partial charge in [0, 0.05) is 18.3 Å². The minimum Gasteiger partial charge on any atom is -0.480 e. The van der Waals surface area contributed by atoms with Gasteiger partial charge >= 0.3 is 0 Å². The molecule has 4 heteroatoms. The number of aryl methyl sites for hydroxylation is 1. The first-order valence-electron chi connectivity index (χ1n) is 6.67. The molecule has 104 valence electrons. The molecular formula is C16H17NO2S. The zero-order valence-corrected chi connectivity index (χ0v) is 12.4. The summed E-state index contributed by atoms with van der Waals surface area (Å²) in [7, 11) is 1.84. The first-order valence-corrected chi connectivity index (χ1v) is 7.55. The number of carbonyl (C=O) groups excluding carboxylic acids is 1. The summed E-state index contributed by atoms with van der Waals surface area (Å²) >= 11 is 1.69. The molecule has 2 heterocycles. The third-order valence-electron chi connectivity index (χ3n) is 3.65. The fourth-order valence-corrected chi connectivity index (χ4v) is 3.38. The maximum absolute atomic E-state index is 12.5. The van der Waals surface area contributed by atoms with Crippen molar-refractivity contribution < 1.29 is 9.53 Å². The number of likely N-dealkylation sites (N-methyl/N-ethyl adjacent to an activating group) is 1. The highest BCUT2D eigenvalue weighted by Gasteiger charge is 2.31. The van der Waals surface area contributed by atoms with Crippen LogP contribution in [0, 0.1) is 6.92 Å². The van der Waals surface area contributed by atoms with Crippen LogP contribution in [0.1, 0.15) is 16.0 Å². The number of carbonyl (C=O) groups is 1. The highest BCUT2D eigenvalue weighted by molar-refractivity contribution is 7.10. The second-order valence-electron chi connectivity index (χ2n) is 5.14. The number of amides is 1. The Bertz CT molecular complexity index is 610. The standard InChI is InChI=1S/C16H17NO2S/c1-11-7-8-20-15(11)10-17(2)16(18)14-9-12-5-3-4-6-13(12)19-14/h3-8,14H,9-10H2,1-2H3. The van der Waals surface area contributed by atoms with Crippen molar-refractivity contribution in [2.24, 2.45) is 0 Å². The molecular weight excluding hydrogens is 270 g/mol. The van der Waals surface area contributed by atoms with Crippen LogP contribution >= 0.6 is 11.3 Å². The molecule has 1 aromatic heterocycles. The molecule has 2 aromatic rings. The molecule has 0 N–H and O–H groups in total. The van der Waals surface area contributed by atoms with E-state index in [4.69, 9.17) is 4.74 Å². The van der Waals surface area contributed by atoms with E-state index in [2.05, 4.69) is 18.4 Å². The third kappa shape index (κ3) is 2.43. The second kappa shape index (κ2) is 5.29. The number of thiophene rings is 1. The summed E-state index contributed by atoms with van der Waals surface area (Å²) in [6, 6.07) is 9.94. The van der Waals surface area contributed by atoms with Crippen LogP contribution in [0.4, 0.5) is 0 Å². The maximum atomic E-state index is 12.5. The van der Waals surface area contributed by atoms with Crippen molar-refractivity contribution >= 4 is 17.2 Å². The minimum atomic E-state index is -0.377. The highest BCUT2D eigenvalue weighted by Crippen LogP contribution is 2.29. The van der Waals surface area contributed by atoms with Gasteiger partial charge in [0.05, 0.1) is 6.54 Å². The van der Waals surface area contributed by atoms with Gasteiger partial charge in [0.25, 0.3) is 5.91 Å². The summed E-state index contributed by atoms with van der Waals surface area (Å²) in [6.45, 7) is 2.73. The number of rotatable bonds is 3. The molecule has 1 amide bonds. The summed E-state index contributed by atoms with van der Waals surface area (Å²) in [5, 5.41) is 2.06. The molecule has 0 aliphatic carbocycles. The van der Waals surface area contributed by atoms with Crippen molar-refractivity contribution in [2.45, 2.75) is 26.0 Å². The van der Waals surface area contributed by atoms with Crippen LogP contribution in [0.25, 0.3) is 0 Å². The van der Waals surface area contributed by atoms with Crippen LogP contribution in [0.2, 0.25) is 0 Å². The van der Waals surface area contributed by atoms with Crippen LogP contribution in [0.5, 0.6) is 5.75 Å². The number of hydrogen-bond acceptors (Lipinski definition) is 3. The Morgan fingerprint density at radius 1 is 1.40 bits per heavy atom. The zero-order chi connectivity index (χ0) is 14.1. The van der Waals surface area contributed by atoms with Gasteiger partial charge < -0.3 is 9.64 Å². The summed E-state index contributed by atoms with van der Waals surface area (Å²) in [5.41, 5.74) is 2.36. The smallest absolute Gasteiger partial charge is 0.264 e. The zero-order valence-electron chi connectivity index (χ0n) is 11.6. The van der Waals surface area contributed by atoms with E-state index in [0.717, 1.165) is 11.3 Å². The van der Waals surface area contributed by atoms with E-state index >= 15 is 0 Å². The number of benzene rings is 1. The molecule has 0 radical (unpaired) electrons. The molecule has 0 saturated heterocycles. The lowest BCUT2D eigenvalue weighted by Crippen LogP contribution is -2.38. The van der Waals surface area contributed by atoms with Crippen LogP contribution in [0.15, 0.2) is 35.7 Å². The summed E-state index contributed by atoms with van der Waals surface area (Å²) in [5.74, 6) is 0.889. The Morgan fingerprint density at radius 2 is 2.20 bits per heavy atom. The number of nitrogens with zero attached hydrogens (tertiary/aromatic N) is 1. The summed E-state index contributed by atoms with van der Waals surface area (Å²) in [4.78, 5) is 15.4. The lowest BCUT2D eigenvalue weighted by Gasteiger charge is -2.20. The molecule has 1 aliphatic heterocycles. The molecule has 1 unspecified atom stereocenters. The highest BCUT2D eigenvalue weighted by atomic mass is 32.1. The van der Waals surface area contributed by atoms with Gasteiger partial charge in [-0.25, -0.2) is 0 Å². The molecule has 20 heavy (non-hydrogen) atoms. The van der Waals surface area contributed by atoms with E-state index in [0.29, 0.717) is 13.0 Å². The van der Waals surface area contributed by atoms with Gasteiger partial charge in [0.2, 0.25) is 0 Å². The number of ether oxygens (including phenoxy) is 1. The largest absolute Gasteiger partial charge is 0.480 e. The summed E-state index contributed by atoms with van der Waals surface area (Å²) in [6.07, 6.45) is 0.292. The Labute approximate surface area is 122 Å². The van der Waals surface area contributed by atoms with Crippen LogP contribution in [0.3, 0.4) is 0 Å². The monoisotopic (exact) mass is 287 g/mol. The SMILES string of the molecule is Cc1ccsc1CN(C)C(=O)C1Cc2ccccc2O1. The number of para-hydroxylation sites is 1. The molecule has 0 bridgehead atoms. The van der Waals surface area contributed by atoms with E-state index in [9.17, 15) is 4.79 Å². The molecule has 1 atom stereocenters. The van der Waals surface area contributed by atoms with Crippen molar-refractivity contribution in [3.63, 3.8) is 0 Å². The van der Waals surface area contributed by atoms with Crippen LogP contribution < -0.4 is 4.74 Å². The first-order chi connectivity index (χ1) is 9.65. The van der Waals surface area contributed by atoms with Gasteiger partial charge in [0.15, 0.2) is 6.10 Å². The van der Waals surface area contributed by atoms with Crippen LogP contribution in [-0.4, -0.2) is 24.0 Å². The van der Waals surface area contributed by atoms with E-state index in [1.807, 2.05) is 31.3 Å². The maximum Gasteiger partial charge on any atom is 0.264 e. The predicted octanol–water partition coefficient (Wildman–Crippen LogP) is 3.02. The minimum absolute atomic E-state index is 0.0500.